The van der Waals surface area contributed by atoms with Crippen molar-refractivity contribution in [3.63, 3.8) is 0 Å². The van der Waals surface area contributed by atoms with E-state index in [1.54, 1.807) is 30.5 Å². The molecule has 1 fully saturated rings. The minimum atomic E-state index is -0.194. The van der Waals surface area contributed by atoms with Crippen LogP contribution in [0.15, 0.2) is 42.6 Å². The summed E-state index contributed by atoms with van der Waals surface area (Å²) >= 11 is 0. The number of piperazine rings is 1. The molecule has 0 unspecified atom stereocenters. The lowest BCUT2D eigenvalue weighted by molar-refractivity contribution is 0.0951. The average molecular weight is 335 g/mol. The van der Waals surface area contributed by atoms with Crippen molar-refractivity contribution in [2.24, 2.45) is 0 Å². The summed E-state index contributed by atoms with van der Waals surface area (Å²) in [5.41, 5.74) is 1.91. The summed E-state index contributed by atoms with van der Waals surface area (Å²) in [6.07, 6.45) is 1.81. The van der Waals surface area contributed by atoms with E-state index < -0.39 is 0 Å². The normalized spacial score (nSPS) is 14.8. The van der Waals surface area contributed by atoms with Gasteiger partial charge >= 0.3 is 0 Å². The van der Waals surface area contributed by atoms with Crippen molar-refractivity contribution in [3.8, 4) is 6.07 Å². The van der Waals surface area contributed by atoms with Crippen molar-refractivity contribution in [2.75, 3.05) is 38.1 Å². The van der Waals surface area contributed by atoms with Crippen LogP contribution >= 0.6 is 0 Å². The Balaban J connectivity index is 1.56. The van der Waals surface area contributed by atoms with Gasteiger partial charge in [0.05, 0.1) is 11.6 Å². The van der Waals surface area contributed by atoms with Crippen molar-refractivity contribution < 1.29 is 4.79 Å². The Hall–Kier alpha value is -2.91. The number of nitrogens with zero attached hydrogens (tertiary/aromatic N) is 4. The second-order valence-electron chi connectivity index (χ2n) is 6.19. The zero-order valence-electron chi connectivity index (χ0n) is 14.3. The Morgan fingerprint density at radius 2 is 2.04 bits per heavy atom. The van der Waals surface area contributed by atoms with Crippen LogP contribution in [0.1, 0.15) is 21.5 Å². The summed E-state index contributed by atoms with van der Waals surface area (Å²) in [7, 11) is 2.13. The number of hydrogen-bond acceptors (Lipinski definition) is 5. The smallest absolute Gasteiger partial charge is 0.251 e. The molecule has 0 saturated carbocycles. The van der Waals surface area contributed by atoms with Gasteiger partial charge in [0.2, 0.25) is 0 Å². The third-order valence-corrected chi connectivity index (χ3v) is 4.34. The van der Waals surface area contributed by atoms with E-state index >= 15 is 0 Å². The maximum Gasteiger partial charge on any atom is 0.251 e. The molecule has 25 heavy (non-hydrogen) atoms. The van der Waals surface area contributed by atoms with Gasteiger partial charge in [-0.25, -0.2) is 4.98 Å². The molecule has 1 aliphatic rings. The number of nitriles is 1. The standard InChI is InChI=1S/C19H21N5O/c1-23-7-9-24(10-8-23)18-6-5-16(13-21-18)14-22-19(25)17-4-2-3-15(11-17)12-20/h2-6,11,13H,7-10,14H2,1H3,(H,22,25). The molecule has 2 aromatic rings. The van der Waals surface area contributed by atoms with Gasteiger partial charge < -0.3 is 15.1 Å². The van der Waals surface area contributed by atoms with E-state index in [4.69, 9.17) is 5.26 Å². The molecule has 3 rings (SSSR count). The number of aromatic nitrogens is 1. The van der Waals surface area contributed by atoms with E-state index in [9.17, 15) is 4.79 Å². The molecule has 0 spiro atoms. The number of anilines is 1. The highest BCUT2D eigenvalue weighted by molar-refractivity contribution is 5.94. The SMILES string of the molecule is CN1CCN(c2ccc(CNC(=O)c3cccc(C#N)c3)cn2)CC1. The zero-order chi connectivity index (χ0) is 17.6. The van der Waals surface area contributed by atoms with E-state index in [-0.39, 0.29) is 5.91 Å². The van der Waals surface area contributed by atoms with E-state index in [0.29, 0.717) is 17.7 Å². The highest BCUT2D eigenvalue weighted by Gasteiger charge is 2.15. The van der Waals surface area contributed by atoms with Gasteiger partial charge in [-0.3, -0.25) is 4.79 Å². The molecule has 1 amide bonds. The molecule has 1 aromatic carbocycles. The van der Waals surface area contributed by atoms with E-state index in [1.165, 1.54) is 0 Å². The highest BCUT2D eigenvalue weighted by atomic mass is 16.1. The monoisotopic (exact) mass is 335 g/mol. The molecular weight excluding hydrogens is 314 g/mol. The number of carbonyl (C=O) groups excluding carboxylic acids is 1. The maximum absolute atomic E-state index is 12.2. The summed E-state index contributed by atoms with van der Waals surface area (Å²) in [5.74, 6) is 0.783. The van der Waals surface area contributed by atoms with Crippen LogP contribution in [-0.2, 0) is 6.54 Å². The minimum absolute atomic E-state index is 0.194. The number of nitrogens with one attached hydrogen (secondary N) is 1. The molecule has 1 saturated heterocycles. The molecule has 1 aliphatic heterocycles. The van der Waals surface area contributed by atoms with Crippen LogP contribution in [0.5, 0.6) is 0 Å². The van der Waals surface area contributed by atoms with Crippen LogP contribution in [-0.4, -0.2) is 49.0 Å². The Morgan fingerprint density at radius 3 is 2.72 bits per heavy atom. The van der Waals surface area contributed by atoms with Crippen molar-refractivity contribution in [3.05, 3.63) is 59.3 Å². The summed E-state index contributed by atoms with van der Waals surface area (Å²) in [6, 6.07) is 12.7. The highest BCUT2D eigenvalue weighted by Crippen LogP contribution is 2.13. The number of pyridine rings is 1. The van der Waals surface area contributed by atoms with Crippen molar-refractivity contribution in [1.29, 1.82) is 5.26 Å². The first-order valence-corrected chi connectivity index (χ1v) is 8.32. The molecule has 1 N–H and O–H groups in total. The number of hydrogen-bond donors (Lipinski definition) is 1. The Morgan fingerprint density at radius 1 is 1.24 bits per heavy atom. The number of amides is 1. The van der Waals surface area contributed by atoms with E-state index in [0.717, 1.165) is 37.6 Å². The van der Waals surface area contributed by atoms with Crippen LogP contribution in [0.4, 0.5) is 5.82 Å². The van der Waals surface area contributed by atoms with E-state index in [1.807, 2.05) is 18.2 Å². The fourth-order valence-corrected chi connectivity index (χ4v) is 2.76. The first kappa shape index (κ1) is 16.9. The van der Waals surface area contributed by atoms with Crippen molar-refractivity contribution in [2.45, 2.75) is 6.54 Å². The second kappa shape index (κ2) is 7.77. The summed E-state index contributed by atoms with van der Waals surface area (Å²) in [6.45, 7) is 4.46. The first-order valence-electron chi connectivity index (χ1n) is 8.32. The zero-order valence-corrected chi connectivity index (χ0v) is 14.3. The Bertz CT molecular complexity index is 773. The lowest BCUT2D eigenvalue weighted by atomic mass is 10.1. The van der Waals surface area contributed by atoms with Gasteiger partial charge in [0.1, 0.15) is 5.82 Å². The van der Waals surface area contributed by atoms with Crippen molar-refractivity contribution in [1.82, 2.24) is 15.2 Å². The predicted octanol–water partition coefficient (Wildman–Crippen LogP) is 1.64. The number of rotatable bonds is 4. The quantitative estimate of drug-likeness (QED) is 0.919. The first-order chi connectivity index (χ1) is 12.2. The molecule has 0 atom stereocenters. The summed E-state index contributed by atoms with van der Waals surface area (Å²) in [4.78, 5) is 21.3. The van der Waals surface area contributed by atoms with Crippen molar-refractivity contribution >= 4 is 11.7 Å². The van der Waals surface area contributed by atoms with Gasteiger partial charge in [-0.2, -0.15) is 5.26 Å². The van der Waals surface area contributed by atoms with Gasteiger partial charge in [0.25, 0.3) is 5.91 Å². The largest absolute Gasteiger partial charge is 0.354 e. The second-order valence-corrected chi connectivity index (χ2v) is 6.19. The third kappa shape index (κ3) is 4.34. The van der Waals surface area contributed by atoms with E-state index in [2.05, 4.69) is 27.1 Å². The molecule has 6 heteroatoms. The van der Waals surface area contributed by atoms with Crippen LogP contribution in [0.2, 0.25) is 0 Å². The molecule has 0 bridgehead atoms. The lowest BCUT2D eigenvalue weighted by Crippen LogP contribution is -2.44. The molecule has 0 radical (unpaired) electrons. The fraction of sp³-hybridized carbons (Fsp3) is 0.316. The number of carbonyl (C=O) groups is 1. The summed E-state index contributed by atoms with van der Waals surface area (Å²) < 4.78 is 0. The van der Waals surface area contributed by atoms with Gasteiger partial charge in [0.15, 0.2) is 0 Å². The number of likely N-dealkylation sites (N-methyl/N-ethyl adjacent to an activating group) is 1. The number of benzene rings is 1. The van der Waals surface area contributed by atoms with Crippen LogP contribution in [0, 0.1) is 11.3 Å². The molecule has 0 aliphatic carbocycles. The topological polar surface area (TPSA) is 72.3 Å². The predicted molar refractivity (Wildman–Crippen MR) is 96.3 cm³/mol. The molecular formula is C19H21N5O. The molecule has 6 nitrogen and oxygen atoms in total. The minimum Gasteiger partial charge on any atom is -0.354 e. The van der Waals surface area contributed by atoms with Gasteiger partial charge in [-0.05, 0) is 36.9 Å². The van der Waals surface area contributed by atoms with Crippen LogP contribution < -0.4 is 10.2 Å². The average Bonchev–Trinajstić information content (AvgIpc) is 2.67. The van der Waals surface area contributed by atoms with Crippen LogP contribution in [0.25, 0.3) is 0 Å². The fourth-order valence-electron chi connectivity index (χ4n) is 2.76. The van der Waals surface area contributed by atoms with Gasteiger partial charge in [0, 0.05) is 44.5 Å². The maximum atomic E-state index is 12.2. The Labute approximate surface area is 147 Å². The van der Waals surface area contributed by atoms with Crippen LogP contribution in [0.3, 0.4) is 0 Å². The summed E-state index contributed by atoms with van der Waals surface area (Å²) in [5, 5.41) is 11.8. The third-order valence-electron chi connectivity index (χ3n) is 4.34. The Kier molecular flexibility index (Phi) is 5.26. The van der Waals surface area contributed by atoms with Gasteiger partial charge in [-0.1, -0.05) is 12.1 Å². The molecule has 1 aromatic heterocycles. The molecule has 128 valence electrons. The lowest BCUT2D eigenvalue weighted by Gasteiger charge is -2.33. The molecule has 2 heterocycles. The van der Waals surface area contributed by atoms with Gasteiger partial charge in [-0.15, -0.1) is 0 Å².